The molecule has 10 heteroatoms. The predicted molar refractivity (Wildman–Crippen MR) is 165 cm³/mol. The number of hydrogen-bond acceptors (Lipinski definition) is 8. The van der Waals surface area contributed by atoms with E-state index in [1.807, 2.05) is 0 Å². The SMILES string of the molecule is COc1cc2c(Oc3ccc(CC(=O)CC(=O)Cc4ccc(F)cc4)cc3F)ccnc2cc1OCCCCN1CCOCC1. The minimum atomic E-state index is -0.646. The van der Waals surface area contributed by atoms with Crippen LogP contribution in [-0.2, 0) is 27.2 Å². The zero-order chi connectivity index (χ0) is 31.6. The van der Waals surface area contributed by atoms with E-state index in [4.69, 9.17) is 18.9 Å². The fourth-order valence-corrected chi connectivity index (χ4v) is 5.19. The molecule has 1 aliphatic heterocycles. The van der Waals surface area contributed by atoms with Crippen molar-refractivity contribution in [2.45, 2.75) is 32.1 Å². The summed E-state index contributed by atoms with van der Waals surface area (Å²) in [4.78, 5) is 31.6. The second kappa shape index (κ2) is 15.5. The zero-order valence-corrected chi connectivity index (χ0v) is 25.2. The number of Topliss-reactive ketones (excluding diaryl/α,β-unsaturated/α-hetero) is 2. The number of ether oxygens (including phenoxy) is 4. The third kappa shape index (κ3) is 9.06. The molecular weight excluding hydrogens is 582 g/mol. The predicted octanol–water partition coefficient (Wildman–Crippen LogP) is 6.12. The van der Waals surface area contributed by atoms with Crippen molar-refractivity contribution in [1.29, 1.82) is 0 Å². The quantitative estimate of drug-likeness (QED) is 0.116. The number of unbranched alkanes of at least 4 members (excludes halogenated alkanes) is 1. The summed E-state index contributed by atoms with van der Waals surface area (Å²) in [5, 5.41) is 0.618. The Balaban J connectivity index is 1.18. The molecule has 0 atom stereocenters. The third-order valence-corrected chi connectivity index (χ3v) is 7.54. The fourth-order valence-electron chi connectivity index (χ4n) is 5.19. The molecule has 45 heavy (non-hydrogen) atoms. The van der Waals surface area contributed by atoms with Crippen LogP contribution in [0, 0.1) is 11.6 Å². The molecule has 5 rings (SSSR count). The summed E-state index contributed by atoms with van der Waals surface area (Å²) in [7, 11) is 1.55. The lowest BCUT2D eigenvalue weighted by Crippen LogP contribution is -2.36. The first-order chi connectivity index (χ1) is 21.9. The summed E-state index contributed by atoms with van der Waals surface area (Å²) in [6, 6.07) is 15.0. The van der Waals surface area contributed by atoms with Gasteiger partial charge in [0.15, 0.2) is 23.1 Å². The molecule has 1 aromatic heterocycles. The average Bonchev–Trinajstić information content (AvgIpc) is 3.03. The van der Waals surface area contributed by atoms with Gasteiger partial charge in [0, 0.05) is 43.6 Å². The summed E-state index contributed by atoms with van der Waals surface area (Å²) < 4.78 is 51.1. The molecule has 0 saturated carbocycles. The molecule has 3 aromatic carbocycles. The molecule has 0 bridgehead atoms. The molecule has 0 spiro atoms. The Kier molecular flexibility index (Phi) is 11.1. The smallest absolute Gasteiger partial charge is 0.166 e. The second-order valence-corrected chi connectivity index (χ2v) is 10.9. The first-order valence-electron chi connectivity index (χ1n) is 15.0. The molecule has 2 heterocycles. The van der Waals surface area contributed by atoms with Gasteiger partial charge in [-0.05, 0) is 66.9 Å². The number of hydrogen-bond donors (Lipinski definition) is 0. The summed E-state index contributed by atoms with van der Waals surface area (Å²) in [5.41, 5.74) is 1.65. The van der Waals surface area contributed by atoms with E-state index in [9.17, 15) is 14.0 Å². The molecule has 0 amide bonds. The average molecular weight is 619 g/mol. The van der Waals surface area contributed by atoms with Crippen LogP contribution in [0.3, 0.4) is 0 Å². The standard InChI is InChI=1S/C35H36F2N2O6/c1-42-34-22-29-31(23-35(34)44-15-3-2-12-39-13-16-43-17-14-39)38-11-10-32(29)45-33-9-6-25(20-30(33)37)19-28(41)21-27(40)18-24-4-7-26(36)8-5-24/h4-11,20,22-23H,2-3,12-19,21H2,1H3. The van der Waals surface area contributed by atoms with Crippen molar-refractivity contribution in [3.8, 4) is 23.0 Å². The zero-order valence-electron chi connectivity index (χ0n) is 25.2. The van der Waals surface area contributed by atoms with Crippen molar-refractivity contribution in [3.05, 3.63) is 89.6 Å². The topological polar surface area (TPSA) is 87.2 Å². The Hall–Kier alpha value is -4.41. The number of aromatic nitrogens is 1. The van der Waals surface area contributed by atoms with Gasteiger partial charge in [-0.1, -0.05) is 18.2 Å². The molecular formula is C35H36F2N2O6. The molecule has 4 aromatic rings. The van der Waals surface area contributed by atoms with E-state index in [0.717, 1.165) is 45.7 Å². The Morgan fingerprint density at radius 2 is 1.58 bits per heavy atom. The van der Waals surface area contributed by atoms with E-state index in [2.05, 4.69) is 9.88 Å². The van der Waals surface area contributed by atoms with Crippen molar-refractivity contribution in [2.24, 2.45) is 0 Å². The normalized spacial score (nSPS) is 13.5. The summed E-state index contributed by atoms with van der Waals surface area (Å²) >= 11 is 0. The Morgan fingerprint density at radius 1 is 0.844 bits per heavy atom. The number of halogens is 2. The maximum atomic E-state index is 15.1. The van der Waals surface area contributed by atoms with Gasteiger partial charge in [0.2, 0.25) is 0 Å². The van der Waals surface area contributed by atoms with Crippen molar-refractivity contribution >= 4 is 22.5 Å². The van der Waals surface area contributed by atoms with Crippen molar-refractivity contribution in [1.82, 2.24) is 9.88 Å². The lowest BCUT2D eigenvalue weighted by molar-refractivity contribution is -0.126. The van der Waals surface area contributed by atoms with E-state index in [1.54, 1.807) is 37.6 Å². The largest absolute Gasteiger partial charge is 0.493 e. The van der Waals surface area contributed by atoms with Crippen LogP contribution in [0.5, 0.6) is 23.0 Å². The maximum Gasteiger partial charge on any atom is 0.166 e. The van der Waals surface area contributed by atoms with E-state index in [0.29, 0.717) is 45.9 Å². The first kappa shape index (κ1) is 32.0. The van der Waals surface area contributed by atoms with Gasteiger partial charge in [0.25, 0.3) is 0 Å². The van der Waals surface area contributed by atoms with Gasteiger partial charge < -0.3 is 18.9 Å². The number of morpholine rings is 1. The number of pyridine rings is 1. The third-order valence-electron chi connectivity index (χ3n) is 7.54. The molecule has 0 N–H and O–H groups in total. The monoisotopic (exact) mass is 618 g/mol. The number of carbonyl (C=O) groups is 2. The maximum absolute atomic E-state index is 15.1. The molecule has 1 aliphatic rings. The molecule has 0 aliphatic carbocycles. The highest BCUT2D eigenvalue weighted by Crippen LogP contribution is 2.37. The lowest BCUT2D eigenvalue weighted by atomic mass is 10.0. The highest BCUT2D eigenvalue weighted by molar-refractivity contribution is 6.00. The number of benzene rings is 3. The van der Waals surface area contributed by atoms with Gasteiger partial charge in [-0.25, -0.2) is 8.78 Å². The summed E-state index contributed by atoms with van der Waals surface area (Å²) in [5.74, 6) is -0.230. The number of ketones is 2. The summed E-state index contributed by atoms with van der Waals surface area (Å²) in [6.07, 6.45) is 3.12. The number of carbonyl (C=O) groups excluding carboxylic acids is 2. The van der Waals surface area contributed by atoms with Crippen LogP contribution in [0.4, 0.5) is 8.78 Å². The molecule has 0 radical (unpaired) electrons. The van der Waals surface area contributed by atoms with Crippen LogP contribution >= 0.6 is 0 Å². The van der Waals surface area contributed by atoms with E-state index in [-0.39, 0.29) is 36.6 Å². The highest BCUT2D eigenvalue weighted by Gasteiger charge is 2.16. The molecule has 8 nitrogen and oxygen atoms in total. The number of methoxy groups -OCH3 is 1. The van der Waals surface area contributed by atoms with E-state index >= 15 is 4.39 Å². The molecule has 1 fully saturated rings. The summed E-state index contributed by atoms with van der Waals surface area (Å²) in [6.45, 7) is 5.04. The van der Waals surface area contributed by atoms with Gasteiger partial charge in [0.05, 0.1) is 38.9 Å². The van der Waals surface area contributed by atoms with Gasteiger partial charge in [-0.15, -0.1) is 0 Å². The van der Waals surface area contributed by atoms with Crippen LogP contribution in [-0.4, -0.2) is 68.0 Å². The molecule has 236 valence electrons. The van der Waals surface area contributed by atoms with Crippen molar-refractivity contribution in [3.63, 3.8) is 0 Å². The van der Waals surface area contributed by atoms with Gasteiger partial charge >= 0.3 is 0 Å². The van der Waals surface area contributed by atoms with Crippen LogP contribution in [0.2, 0.25) is 0 Å². The number of nitrogens with zero attached hydrogens (tertiary/aromatic N) is 2. The second-order valence-electron chi connectivity index (χ2n) is 10.9. The van der Waals surface area contributed by atoms with Crippen LogP contribution in [0.15, 0.2) is 66.9 Å². The van der Waals surface area contributed by atoms with Crippen LogP contribution in [0.25, 0.3) is 10.9 Å². The number of fused-ring (bicyclic) bond motifs is 1. The van der Waals surface area contributed by atoms with E-state index < -0.39 is 11.6 Å². The van der Waals surface area contributed by atoms with Gasteiger partial charge in [-0.2, -0.15) is 0 Å². The highest BCUT2D eigenvalue weighted by atomic mass is 19.1. The Bertz CT molecular complexity index is 1620. The van der Waals surface area contributed by atoms with Crippen molar-refractivity contribution < 1.29 is 37.3 Å². The Morgan fingerprint density at radius 3 is 2.31 bits per heavy atom. The lowest BCUT2D eigenvalue weighted by Gasteiger charge is -2.26. The minimum Gasteiger partial charge on any atom is -0.493 e. The van der Waals surface area contributed by atoms with Crippen LogP contribution < -0.4 is 14.2 Å². The minimum absolute atomic E-state index is 0.0225. The van der Waals surface area contributed by atoms with Crippen LogP contribution in [0.1, 0.15) is 30.4 Å². The van der Waals surface area contributed by atoms with E-state index in [1.165, 1.54) is 36.4 Å². The van der Waals surface area contributed by atoms with Crippen molar-refractivity contribution in [2.75, 3.05) is 46.6 Å². The fraction of sp³-hybridized carbons (Fsp3) is 0.343. The molecule has 0 unspecified atom stereocenters. The first-order valence-corrected chi connectivity index (χ1v) is 15.0. The van der Waals surface area contributed by atoms with Gasteiger partial charge in [-0.3, -0.25) is 19.5 Å². The molecule has 1 saturated heterocycles. The number of rotatable bonds is 15. The van der Waals surface area contributed by atoms with Gasteiger partial charge in [0.1, 0.15) is 23.1 Å². The Labute approximate surface area is 260 Å².